The summed E-state index contributed by atoms with van der Waals surface area (Å²) < 4.78 is 12.1. The molecule has 1 fully saturated rings. The zero-order valence-corrected chi connectivity index (χ0v) is 21.9. The van der Waals surface area contributed by atoms with E-state index in [2.05, 4.69) is 88.7 Å². The molecule has 0 amide bonds. The van der Waals surface area contributed by atoms with Gasteiger partial charge in [0.05, 0.1) is 21.8 Å². The molecule has 0 radical (unpaired) electrons. The fourth-order valence-corrected chi connectivity index (χ4v) is 14.8. The lowest BCUT2D eigenvalue weighted by Crippen LogP contribution is -2.79. The summed E-state index contributed by atoms with van der Waals surface area (Å²) in [7, 11) is -0.711. The van der Waals surface area contributed by atoms with Gasteiger partial charge < -0.3 is 4.74 Å². The Hall–Kier alpha value is 0.748. The average molecular weight is 391 g/mol. The van der Waals surface area contributed by atoms with E-state index in [1.807, 2.05) is 0 Å². The molecule has 3 nitrogen and oxygen atoms in total. The second kappa shape index (κ2) is 6.48. The molecule has 0 unspecified atom stereocenters. The molecule has 1 aliphatic heterocycles. The van der Waals surface area contributed by atoms with Crippen LogP contribution >= 0.6 is 0 Å². The molecule has 1 aliphatic rings. The molecular weight excluding hydrogens is 349 g/mol. The van der Waals surface area contributed by atoms with Crippen LogP contribution in [-0.2, 0) is 4.74 Å². The quantitative estimate of drug-likeness (QED) is 0.488. The first-order valence-corrected chi connectivity index (χ1v) is 24.0. The third-order valence-corrected chi connectivity index (χ3v) is 42.8. The number of hydrogen-bond acceptors (Lipinski definition) is 3. The fraction of sp³-hybridized carbons (Fsp3) is 1.00. The van der Waals surface area contributed by atoms with Crippen molar-refractivity contribution in [3.8, 4) is 0 Å². The summed E-state index contributed by atoms with van der Waals surface area (Å²) in [5, 5.41) is 0. The normalized spacial score (nSPS) is 20.6. The van der Waals surface area contributed by atoms with E-state index in [1.165, 1.54) is 12.8 Å². The van der Waals surface area contributed by atoms with E-state index in [9.17, 15) is 0 Å². The van der Waals surface area contributed by atoms with Gasteiger partial charge in [0.25, 0.3) is 0 Å². The van der Waals surface area contributed by atoms with Gasteiger partial charge in [-0.2, -0.15) is 0 Å². The van der Waals surface area contributed by atoms with E-state index in [4.69, 9.17) is 4.74 Å². The maximum atomic E-state index is 6.59. The Labute approximate surface area is 149 Å². The molecule has 1 heterocycles. The second-order valence-corrected chi connectivity index (χ2v) is 43.4. The summed E-state index contributed by atoms with van der Waals surface area (Å²) in [6.45, 7) is 26.4. The van der Waals surface area contributed by atoms with Crippen LogP contribution in [0.5, 0.6) is 0 Å². The Morgan fingerprint density at radius 3 is 1.26 bits per heavy atom. The summed E-state index contributed by atoms with van der Waals surface area (Å²) in [5.74, 6) is -0.147. The monoisotopic (exact) mass is 390 g/mol. The highest BCUT2D eigenvalue weighted by Crippen LogP contribution is 2.41. The average Bonchev–Trinajstić information content (AvgIpc) is 2.84. The number of nitrogens with zero attached hydrogens (tertiary/aromatic N) is 2. The molecule has 7 heteroatoms. The van der Waals surface area contributed by atoms with Crippen molar-refractivity contribution in [2.75, 3.05) is 20.7 Å². The summed E-state index contributed by atoms with van der Waals surface area (Å²) in [6, 6.07) is 0. The van der Waals surface area contributed by atoms with E-state index in [-0.39, 0.29) is 5.85 Å². The zero-order chi connectivity index (χ0) is 18.5. The fourth-order valence-electron chi connectivity index (χ4n) is 3.24. The first kappa shape index (κ1) is 21.8. The van der Waals surface area contributed by atoms with Gasteiger partial charge in [0.2, 0.25) is 0 Å². The molecule has 1 saturated heterocycles. The van der Waals surface area contributed by atoms with Crippen molar-refractivity contribution in [1.82, 2.24) is 9.13 Å². The number of hydrogen-bond donors (Lipinski definition) is 0. The summed E-state index contributed by atoms with van der Waals surface area (Å²) in [5.41, 5.74) is 0. The molecule has 0 bridgehead atoms. The standard InChI is InChI=1S/C16H42N2OSi4/c1-17(22(9,10)20(3,4)5)16(14-13-15-19-16)18(2)23(11,12)21(6,7)8/h13-15H2,1-12H3. The maximum Gasteiger partial charge on any atom is 0.166 e. The predicted molar refractivity (Wildman–Crippen MR) is 115 cm³/mol. The Kier molecular flexibility index (Phi) is 6.14. The van der Waals surface area contributed by atoms with Crippen molar-refractivity contribution in [3.05, 3.63) is 0 Å². The molecule has 0 spiro atoms. The van der Waals surface area contributed by atoms with Crippen LogP contribution in [0.2, 0.25) is 65.5 Å². The SMILES string of the molecule is CN(C1(N(C)[Si](C)(C)[Si](C)(C)C)CCCO1)[Si](C)(C)[Si](C)(C)C. The van der Waals surface area contributed by atoms with Gasteiger partial charge in [-0.05, 0) is 20.5 Å². The largest absolute Gasteiger partial charge is 0.348 e. The molecule has 0 atom stereocenters. The highest BCUT2D eigenvalue weighted by atomic mass is 29.3. The molecule has 1 rings (SSSR count). The van der Waals surface area contributed by atoms with Crippen LogP contribution in [0.3, 0.4) is 0 Å². The molecule has 0 N–H and O–H groups in total. The third kappa shape index (κ3) is 3.66. The first-order valence-electron chi connectivity index (χ1n) is 9.14. The van der Waals surface area contributed by atoms with Gasteiger partial charge in [-0.25, -0.2) is 0 Å². The molecule has 0 aromatic heterocycles. The summed E-state index contributed by atoms with van der Waals surface area (Å²) in [4.78, 5) is 0. The van der Waals surface area contributed by atoms with Crippen molar-refractivity contribution in [3.63, 3.8) is 0 Å². The molecule has 0 aliphatic carbocycles. The minimum absolute atomic E-state index is 0.147. The van der Waals surface area contributed by atoms with Crippen LogP contribution in [0.4, 0.5) is 0 Å². The van der Waals surface area contributed by atoms with Crippen LogP contribution in [0.1, 0.15) is 12.8 Å². The molecular formula is C16H42N2OSi4. The summed E-state index contributed by atoms with van der Waals surface area (Å²) in [6.07, 6.45) is 2.36. The first-order chi connectivity index (χ1) is 10.0. The zero-order valence-electron chi connectivity index (χ0n) is 17.9. The molecule has 0 aromatic carbocycles. The summed E-state index contributed by atoms with van der Waals surface area (Å²) >= 11 is 0. The van der Waals surface area contributed by atoms with Crippen molar-refractivity contribution in [2.24, 2.45) is 0 Å². The number of rotatable bonds is 6. The molecule has 0 saturated carbocycles. The maximum absolute atomic E-state index is 6.59. The Morgan fingerprint density at radius 2 is 1.04 bits per heavy atom. The van der Waals surface area contributed by atoms with Crippen LogP contribution < -0.4 is 0 Å². The van der Waals surface area contributed by atoms with Gasteiger partial charge in [0.15, 0.2) is 5.85 Å². The van der Waals surface area contributed by atoms with Crippen molar-refractivity contribution >= 4 is 30.7 Å². The smallest absolute Gasteiger partial charge is 0.166 e. The van der Waals surface area contributed by atoms with Gasteiger partial charge in [0.1, 0.15) is 15.5 Å². The van der Waals surface area contributed by atoms with Crippen LogP contribution in [0, 0.1) is 0 Å². The van der Waals surface area contributed by atoms with Gasteiger partial charge in [-0.1, -0.05) is 65.5 Å². The lowest BCUT2D eigenvalue weighted by Gasteiger charge is -2.59. The van der Waals surface area contributed by atoms with E-state index in [1.54, 1.807) is 0 Å². The topological polar surface area (TPSA) is 15.7 Å². The van der Waals surface area contributed by atoms with E-state index in [0.717, 1.165) is 6.61 Å². The number of ether oxygens (including phenoxy) is 1. The van der Waals surface area contributed by atoms with Crippen LogP contribution in [0.25, 0.3) is 0 Å². The van der Waals surface area contributed by atoms with E-state index < -0.39 is 30.7 Å². The Bertz CT molecular complexity index is 387. The van der Waals surface area contributed by atoms with Crippen molar-refractivity contribution in [1.29, 1.82) is 0 Å². The van der Waals surface area contributed by atoms with Gasteiger partial charge in [-0.3, -0.25) is 9.13 Å². The lowest BCUT2D eigenvalue weighted by molar-refractivity contribution is -0.150. The van der Waals surface area contributed by atoms with Crippen LogP contribution in [-0.4, -0.2) is 66.4 Å². The Morgan fingerprint density at radius 1 is 0.696 bits per heavy atom. The molecule has 0 aromatic rings. The minimum Gasteiger partial charge on any atom is -0.348 e. The van der Waals surface area contributed by atoms with Crippen molar-refractivity contribution < 1.29 is 4.74 Å². The molecule has 138 valence electrons. The van der Waals surface area contributed by atoms with E-state index in [0.29, 0.717) is 0 Å². The van der Waals surface area contributed by atoms with Gasteiger partial charge >= 0.3 is 0 Å². The van der Waals surface area contributed by atoms with Gasteiger partial charge in [-0.15, -0.1) is 0 Å². The highest BCUT2D eigenvalue weighted by molar-refractivity contribution is 7.40. The predicted octanol–water partition coefficient (Wildman–Crippen LogP) is 4.56. The van der Waals surface area contributed by atoms with Gasteiger partial charge in [0, 0.05) is 6.42 Å². The third-order valence-electron chi connectivity index (χ3n) is 7.38. The van der Waals surface area contributed by atoms with E-state index >= 15 is 0 Å². The Balaban J connectivity index is 3.34. The highest BCUT2D eigenvalue weighted by Gasteiger charge is 2.57. The molecule has 23 heavy (non-hydrogen) atoms. The van der Waals surface area contributed by atoms with Crippen LogP contribution in [0.15, 0.2) is 0 Å². The van der Waals surface area contributed by atoms with Crippen molar-refractivity contribution in [2.45, 2.75) is 84.2 Å². The lowest BCUT2D eigenvalue weighted by atomic mass is 10.2. The second-order valence-electron chi connectivity index (χ2n) is 10.4. The minimum atomic E-state index is -1.50.